The van der Waals surface area contributed by atoms with E-state index >= 15 is 0 Å². The van der Waals surface area contributed by atoms with Gasteiger partial charge in [-0.3, -0.25) is 4.68 Å². The zero-order valence-corrected chi connectivity index (χ0v) is 10.9. The standard InChI is InChI=1S/C13H25N3/c1-4-7-8-12(14-6-3)13-9-10-15-16(13)11-5-2/h9-10,12,14H,4-8,11H2,1-3H3. The molecule has 1 unspecified atom stereocenters. The molecule has 0 saturated carbocycles. The van der Waals surface area contributed by atoms with Crippen LogP contribution in [0.2, 0.25) is 0 Å². The summed E-state index contributed by atoms with van der Waals surface area (Å²) in [5.74, 6) is 0. The van der Waals surface area contributed by atoms with Crippen LogP contribution < -0.4 is 5.32 Å². The van der Waals surface area contributed by atoms with E-state index in [1.54, 1.807) is 0 Å². The lowest BCUT2D eigenvalue weighted by Crippen LogP contribution is -2.24. The quantitative estimate of drug-likeness (QED) is 0.734. The lowest BCUT2D eigenvalue weighted by molar-refractivity contribution is 0.446. The Morgan fingerprint density at radius 3 is 2.75 bits per heavy atom. The van der Waals surface area contributed by atoms with Crippen LogP contribution in [0.5, 0.6) is 0 Å². The molecule has 1 atom stereocenters. The van der Waals surface area contributed by atoms with E-state index in [-0.39, 0.29) is 0 Å². The SMILES string of the molecule is CCCCC(NCC)c1ccnn1CCC. The van der Waals surface area contributed by atoms with Crippen molar-refractivity contribution in [1.29, 1.82) is 0 Å². The molecule has 3 nitrogen and oxygen atoms in total. The van der Waals surface area contributed by atoms with Gasteiger partial charge < -0.3 is 5.32 Å². The van der Waals surface area contributed by atoms with Gasteiger partial charge in [0.2, 0.25) is 0 Å². The molecule has 0 aliphatic heterocycles. The van der Waals surface area contributed by atoms with E-state index in [0.29, 0.717) is 6.04 Å². The maximum absolute atomic E-state index is 4.39. The molecule has 16 heavy (non-hydrogen) atoms. The summed E-state index contributed by atoms with van der Waals surface area (Å²) in [7, 11) is 0. The Morgan fingerprint density at radius 2 is 2.12 bits per heavy atom. The predicted molar refractivity (Wildman–Crippen MR) is 68.5 cm³/mol. The number of unbranched alkanes of at least 4 members (excludes halogenated alkanes) is 1. The molecule has 0 saturated heterocycles. The Kier molecular flexibility index (Phi) is 6.16. The molecule has 0 aliphatic rings. The summed E-state index contributed by atoms with van der Waals surface area (Å²) in [6, 6.07) is 2.62. The fourth-order valence-electron chi connectivity index (χ4n) is 2.05. The van der Waals surface area contributed by atoms with Crippen LogP contribution in [-0.2, 0) is 6.54 Å². The topological polar surface area (TPSA) is 29.9 Å². The van der Waals surface area contributed by atoms with Crippen molar-refractivity contribution in [1.82, 2.24) is 15.1 Å². The minimum Gasteiger partial charge on any atom is -0.309 e. The van der Waals surface area contributed by atoms with Crippen molar-refractivity contribution in [3.63, 3.8) is 0 Å². The van der Waals surface area contributed by atoms with Crippen molar-refractivity contribution < 1.29 is 0 Å². The molecular formula is C13H25N3. The molecule has 0 radical (unpaired) electrons. The lowest BCUT2D eigenvalue weighted by Gasteiger charge is -2.19. The number of nitrogens with one attached hydrogen (secondary N) is 1. The van der Waals surface area contributed by atoms with Crippen LogP contribution >= 0.6 is 0 Å². The van der Waals surface area contributed by atoms with Gasteiger partial charge in [0.25, 0.3) is 0 Å². The normalized spacial score (nSPS) is 12.9. The van der Waals surface area contributed by atoms with E-state index in [1.807, 2.05) is 6.20 Å². The summed E-state index contributed by atoms with van der Waals surface area (Å²) in [6.07, 6.45) is 6.79. The highest BCUT2D eigenvalue weighted by atomic mass is 15.3. The second-order valence-electron chi connectivity index (χ2n) is 4.23. The largest absolute Gasteiger partial charge is 0.309 e. The molecule has 1 N–H and O–H groups in total. The predicted octanol–water partition coefficient (Wildman–Crippen LogP) is 3.13. The first-order valence-electron chi connectivity index (χ1n) is 6.58. The highest BCUT2D eigenvalue weighted by molar-refractivity contribution is 5.07. The van der Waals surface area contributed by atoms with Crippen molar-refractivity contribution in [2.45, 2.75) is 59.0 Å². The van der Waals surface area contributed by atoms with E-state index in [4.69, 9.17) is 0 Å². The third-order valence-electron chi connectivity index (χ3n) is 2.84. The third-order valence-corrected chi connectivity index (χ3v) is 2.84. The summed E-state index contributed by atoms with van der Waals surface area (Å²) in [5, 5.41) is 7.95. The maximum Gasteiger partial charge on any atom is 0.0553 e. The minimum atomic E-state index is 0.471. The number of hydrogen-bond donors (Lipinski definition) is 1. The maximum atomic E-state index is 4.39. The molecule has 3 heteroatoms. The fraction of sp³-hybridized carbons (Fsp3) is 0.769. The molecule has 92 valence electrons. The molecule has 0 fully saturated rings. The Labute approximate surface area is 99.2 Å². The minimum absolute atomic E-state index is 0.471. The third kappa shape index (κ3) is 3.63. The van der Waals surface area contributed by atoms with Crippen LogP contribution in [0.3, 0.4) is 0 Å². The number of hydrogen-bond acceptors (Lipinski definition) is 2. The zero-order valence-electron chi connectivity index (χ0n) is 10.9. The molecular weight excluding hydrogens is 198 g/mol. The summed E-state index contributed by atoms with van der Waals surface area (Å²) >= 11 is 0. The van der Waals surface area contributed by atoms with Gasteiger partial charge in [-0.25, -0.2) is 0 Å². The van der Waals surface area contributed by atoms with Crippen molar-refractivity contribution in [3.8, 4) is 0 Å². The molecule has 1 heterocycles. The van der Waals surface area contributed by atoms with Gasteiger partial charge >= 0.3 is 0 Å². The molecule has 0 aromatic carbocycles. The lowest BCUT2D eigenvalue weighted by atomic mass is 10.1. The Bertz CT molecular complexity index is 280. The first-order chi connectivity index (χ1) is 7.83. The van der Waals surface area contributed by atoms with Crippen molar-refractivity contribution >= 4 is 0 Å². The molecule has 0 spiro atoms. The smallest absolute Gasteiger partial charge is 0.0553 e. The monoisotopic (exact) mass is 223 g/mol. The summed E-state index contributed by atoms with van der Waals surface area (Å²) in [4.78, 5) is 0. The molecule has 1 rings (SSSR count). The number of nitrogens with zero attached hydrogens (tertiary/aromatic N) is 2. The van der Waals surface area contributed by atoms with Gasteiger partial charge in [-0.1, -0.05) is 33.6 Å². The van der Waals surface area contributed by atoms with Crippen molar-refractivity contribution in [2.75, 3.05) is 6.54 Å². The first kappa shape index (κ1) is 13.2. The van der Waals surface area contributed by atoms with Gasteiger partial charge in [0.05, 0.1) is 5.69 Å². The van der Waals surface area contributed by atoms with Gasteiger partial charge in [-0.05, 0) is 25.5 Å². The summed E-state index contributed by atoms with van der Waals surface area (Å²) in [6.45, 7) is 8.65. The average Bonchev–Trinajstić information content (AvgIpc) is 2.73. The second kappa shape index (κ2) is 7.44. The highest BCUT2D eigenvalue weighted by Crippen LogP contribution is 2.19. The molecule has 0 bridgehead atoms. The van der Waals surface area contributed by atoms with Crippen LogP contribution in [0.1, 0.15) is 58.2 Å². The highest BCUT2D eigenvalue weighted by Gasteiger charge is 2.13. The summed E-state index contributed by atoms with van der Waals surface area (Å²) in [5.41, 5.74) is 1.34. The van der Waals surface area contributed by atoms with Crippen LogP contribution in [0.15, 0.2) is 12.3 Å². The summed E-state index contributed by atoms with van der Waals surface area (Å²) < 4.78 is 2.14. The van der Waals surface area contributed by atoms with Gasteiger partial charge in [0.1, 0.15) is 0 Å². The molecule has 0 aliphatic carbocycles. The van der Waals surface area contributed by atoms with E-state index in [0.717, 1.165) is 19.5 Å². The van der Waals surface area contributed by atoms with Crippen molar-refractivity contribution in [3.05, 3.63) is 18.0 Å². The molecule has 1 aromatic heterocycles. The van der Waals surface area contributed by atoms with Crippen LogP contribution in [0, 0.1) is 0 Å². The number of aryl methyl sites for hydroxylation is 1. The second-order valence-corrected chi connectivity index (χ2v) is 4.23. The van der Waals surface area contributed by atoms with Crippen LogP contribution in [0.4, 0.5) is 0 Å². The Hall–Kier alpha value is -0.830. The van der Waals surface area contributed by atoms with Crippen molar-refractivity contribution in [2.24, 2.45) is 0 Å². The Morgan fingerprint density at radius 1 is 1.31 bits per heavy atom. The van der Waals surface area contributed by atoms with Crippen LogP contribution in [0.25, 0.3) is 0 Å². The van der Waals surface area contributed by atoms with E-state index < -0.39 is 0 Å². The van der Waals surface area contributed by atoms with Gasteiger partial charge in [0, 0.05) is 18.8 Å². The average molecular weight is 223 g/mol. The number of aromatic nitrogens is 2. The van der Waals surface area contributed by atoms with E-state index in [9.17, 15) is 0 Å². The first-order valence-corrected chi connectivity index (χ1v) is 6.58. The van der Waals surface area contributed by atoms with E-state index in [2.05, 4.69) is 41.9 Å². The Balaban J connectivity index is 2.70. The van der Waals surface area contributed by atoms with E-state index in [1.165, 1.54) is 25.0 Å². The van der Waals surface area contributed by atoms with Crippen LogP contribution in [-0.4, -0.2) is 16.3 Å². The van der Waals surface area contributed by atoms with Gasteiger partial charge in [0.15, 0.2) is 0 Å². The number of rotatable bonds is 8. The van der Waals surface area contributed by atoms with Gasteiger partial charge in [-0.15, -0.1) is 0 Å². The zero-order chi connectivity index (χ0) is 11.8. The van der Waals surface area contributed by atoms with Gasteiger partial charge in [-0.2, -0.15) is 5.10 Å². The molecule has 0 amide bonds. The fourth-order valence-corrected chi connectivity index (χ4v) is 2.05. The molecule has 1 aromatic rings.